The summed E-state index contributed by atoms with van der Waals surface area (Å²) in [5.41, 5.74) is 8.96. The Morgan fingerprint density at radius 2 is 0.550 bits per heavy atom. The molecule has 0 aromatic carbocycles. The number of hydrogen-bond acceptors (Lipinski definition) is 1. The summed E-state index contributed by atoms with van der Waals surface area (Å²) in [5, 5.41) is 4.12. The molecule has 0 saturated heterocycles. The zero-order chi connectivity index (χ0) is 29.0. The number of azide groups is 1. The molecule has 0 aliphatic rings. The molecule has 0 unspecified atom stereocenters. The lowest BCUT2D eigenvalue weighted by Gasteiger charge is -2.11. The molecule has 0 aromatic rings. The van der Waals surface area contributed by atoms with Crippen molar-refractivity contribution in [3.8, 4) is 0 Å². The van der Waals surface area contributed by atoms with Crippen LogP contribution in [-0.2, 0) is 0 Å². The lowest BCUT2D eigenvalue weighted by Crippen LogP contribution is -2.03. The van der Waals surface area contributed by atoms with E-state index in [0.717, 1.165) is 12.8 Å². The molecule has 0 bridgehead atoms. The summed E-state index contributed by atoms with van der Waals surface area (Å²) >= 11 is 0. The van der Waals surface area contributed by atoms with Crippen LogP contribution >= 0.6 is 0 Å². The van der Waals surface area contributed by atoms with E-state index in [2.05, 4.69) is 23.9 Å². The second kappa shape index (κ2) is 36.3. The highest BCUT2D eigenvalue weighted by Gasteiger charge is 2.06. The zero-order valence-electron chi connectivity index (χ0n) is 28.0. The molecule has 0 rings (SSSR count). The van der Waals surface area contributed by atoms with Gasteiger partial charge >= 0.3 is 0 Å². The molecule has 3 nitrogen and oxygen atoms in total. The fraction of sp³-hybridized carbons (Fsp3) is 1.00. The van der Waals surface area contributed by atoms with E-state index < -0.39 is 0 Å². The molecule has 0 heterocycles. The van der Waals surface area contributed by atoms with Crippen LogP contribution in [-0.4, -0.2) is 6.04 Å². The minimum atomic E-state index is 0.239. The van der Waals surface area contributed by atoms with Crippen LogP contribution < -0.4 is 0 Å². The maximum atomic E-state index is 8.96. The largest absolute Gasteiger partial charge is 0.0906 e. The van der Waals surface area contributed by atoms with Gasteiger partial charge in [0.2, 0.25) is 0 Å². The third-order valence-electron chi connectivity index (χ3n) is 9.00. The Balaban J connectivity index is 3.37. The van der Waals surface area contributed by atoms with Gasteiger partial charge in [-0.1, -0.05) is 224 Å². The molecule has 0 aromatic heterocycles. The molecule has 0 fully saturated rings. The summed E-state index contributed by atoms with van der Waals surface area (Å²) < 4.78 is 0. The van der Waals surface area contributed by atoms with Gasteiger partial charge in [-0.25, -0.2) is 0 Å². The molecule has 238 valence electrons. The third-order valence-corrected chi connectivity index (χ3v) is 9.00. The predicted molar refractivity (Wildman–Crippen MR) is 181 cm³/mol. The van der Waals surface area contributed by atoms with Crippen molar-refractivity contribution >= 4 is 0 Å². The summed E-state index contributed by atoms with van der Waals surface area (Å²) in [6, 6.07) is 0.239. The Morgan fingerprint density at radius 3 is 0.750 bits per heavy atom. The van der Waals surface area contributed by atoms with Crippen molar-refractivity contribution in [2.75, 3.05) is 0 Å². The number of nitrogens with zero attached hydrogens (tertiary/aromatic N) is 3. The van der Waals surface area contributed by atoms with Gasteiger partial charge in [0.25, 0.3) is 0 Å². The number of hydrogen-bond donors (Lipinski definition) is 0. The average molecular weight is 562 g/mol. The van der Waals surface area contributed by atoms with Gasteiger partial charge in [0, 0.05) is 11.0 Å². The monoisotopic (exact) mass is 562 g/mol. The van der Waals surface area contributed by atoms with Gasteiger partial charge < -0.3 is 0 Å². The van der Waals surface area contributed by atoms with Crippen molar-refractivity contribution in [1.82, 2.24) is 0 Å². The van der Waals surface area contributed by atoms with Crippen LogP contribution in [0.25, 0.3) is 10.4 Å². The number of rotatable bonds is 35. The maximum absolute atomic E-state index is 8.96. The van der Waals surface area contributed by atoms with Crippen molar-refractivity contribution < 1.29 is 0 Å². The standard InChI is InChI=1S/C37H75N3/c1-3-5-7-9-11-13-15-17-19-21-23-25-27-29-31-33-35-37(39-40-38)36-34-32-30-28-26-24-22-20-18-16-14-12-10-8-6-4-2/h37H,3-36H2,1-2H3. The minimum Gasteiger partial charge on any atom is -0.0906 e. The SMILES string of the molecule is CCCCCCCCCCCCCCCCCCC(CCCCCCCCCCCCCCCCCC)N=[N+]=[N-]. The second-order valence-electron chi connectivity index (χ2n) is 13.0. The Morgan fingerprint density at radius 1 is 0.350 bits per heavy atom. The van der Waals surface area contributed by atoms with Crippen molar-refractivity contribution in [3.05, 3.63) is 10.4 Å². The lowest BCUT2D eigenvalue weighted by atomic mass is 10.00. The normalized spacial score (nSPS) is 11.4. The van der Waals surface area contributed by atoms with E-state index in [1.165, 1.54) is 205 Å². The van der Waals surface area contributed by atoms with Gasteiger partial charge in [-0.05, 0) is 18.4 Å². The third kappa shape index (κ3) is 33.5. The second-order valence-corrected chi connectivity index (χ2v) is 13.0. The van der Waals surface area contributed by atoms with Gasteiger partial charge in [-0.2, -0.15) is 0 Å². The first-order valence-electron chi connectivity index (χ1n) is 18.9. The smallest absolute Gasteiger partial charge is 0.0374 e. The number of unbranched alkanes of at least 4 members (excludes halogenated alkanes) is 30. The van der Waals surface area contributed by atoms with Gasteiger partial charge in [-0.3, -0.25) is 0 Å². The highest BCUT2D eigenvalue weighted by Crippen LogP contribution is 2.19. The lowest BCUT2D eigenvalue weighted by molar-refractivity contribution is 0.476. The first kappa shape index (κ1) is 39.3. The van der Waals surface area contributed by atoms with Gasteiger partial charge in [0.15, 0.2) is 0 Å². The Bertz CT molecular complexity index is 464. The quantitative estimate of drug-likeness (QED) is 0.0320. The van der Waals surface area contributed by atoms with E-state index >= 15 is 0 Å². The predicted octanol–water partition coefficient (Wildman–Crippen LogP) is 15.0. The molecule has 0 atom stereocenters. The molecule has 0 aliphatic carbocycles. The first-order valence-corrected chi connectivity index (χ1v) is 18.9. The van der Waals surface area contributed by atoms with Crippen molar-refractivity contribution in [2.24, 2.45) is 5.11 Å². The van der Waals surface area contributed by atoms with Crippen LogP contribution in [0.1, 0.15) is 232 Å². The van der Waals surface area contributed by atoms with Gasteiger partial charge in [0.1, 0.15) is 0 Å². The zero-order valence-corrected chi connectivity index (χ0v) is 28.0. The van der Waals surface area contributed by atoms with Crippen molar-refractivity contribution in [2.45, 2.75) is 238 Å². The molecular weight excluding hydrogens is 486 g/mol. The Labute approximate surface area is 253 Å². The summed E-state index contributed by atoms with van der Waals surface area (Å²) in [7, 11) is 0. The summed E-state index contributed by atoms with van der Waals surface area (Å²) in [6.45, 7) is 4.59. The van der Waals surface area contributed by atoms with Gasteiger partial charge in [0.05, 0.1) is 0 Å². The molecule has 40 heavy (non-hydrogen) atoms. The molecule has 0 amide bonds. The van der Waals surface area contributed by atoms with Crippen molar-refractivity contribution in [3.63, 3.8) is 0 Å². The van der Waals surface area contributed by atoms with E-state index in [0.29, 0.717) is 0 Å². The van der Waals surface area contributed by atoms with Crippen LogP contribution in [0.3, 0.4) is 0 Å². The van der Waals surface area contributed by atoms with Crippen molar-refractivity contribution in [1.29, 1.82) is 0 Å². The van der Waals surface area contributed by atoms with E-state index in [4.69, 9.17) is 5.53 Å². The highest BCUT2D eigenvalue weighted by molar-refractivity contribution is 4.68. The Hall–Kier alpha value is -0.690. The van der Waals surface area contributed by atoms with Crippen LogP contribution in [0, 0.1) is 0 Å². The van der Waals surface area contributed by atoms with Crippen LogP contribution in [0.4, 0.5) is 0 Å². The van der Waals surface area contributed by atoms with E-state index in [9.17, 15) is 0 Å². The minimum absolute atomic E-state index is 0.239. The summed E-state index contributed by atoms with van der Waals surface area (Å²) in [6.07, 6.45) is 47.3. The Kier molecular flexibility index (Phi) is 35.7. The van der Waals surface area contributed by atoms with Crippen LogP contribution in [0.15, 0.2) is 5.11 Å². The molecule has 0 spiro atoms. The average Bonchev–Trinajstić information content (AvgIpc) is 2.96. The maximum Gasteiger partial charge on any atom is 0.0374 e. The molecule has 0 radical (unpaired) electrons. The molecule has 0 saturated carbocycles. The molecular formula is C37H75N3. The van der Waals surface area contributed by atoms with E-state index in [1.807, 2.05) is 0 Å². The molecule has 3 heteroatoms. The first-order chi connectivity index (χ1) is 19.8. The molecule has 0 N–H and O–H groups in total. The molecule has 0 aliphatic heterocycles. The van der Waals surface area contributed by atoms with Gasteiger partial charge in [-0.15, -0.1) is 0 Å². The summed E-state index contributed by atoms with van der Waals surface area (Å²) in [4.78, 5) is 3.14. The fourth-order valence-corrected chi connectivity index (χ4v) is 6.19. The fourth-order valence-electron chi connectivity index (χ4n) is 6.19. The van der Waals surface area contributed by atoms with E-state index in [-0.39, 0.29) is 6.04 Å². The highest BCUT2D eigenvalue weighted by atomic mass is 15.1. The van der Waals surface area contributed by atoms with Crippen LogP contribution in [0.2, 0.25) is 0 Å². The van der Waals surface area contributed by atoms with E-state index in [1.54, 1.807) is 0 Å². The van der Waals surface area contributed by atoms with Crippen LogP contribution in [0.5, 0.6) is 0 Å². The summed E-state index contributed by atoms with van der Waals surface area (Å²) in [5.74, 6) is 0. The topological polar surface area (TPSA) is 48.8 Å².